The van der Waals surface area contributed by atoms with Crippen molar-refractivity contribution in [1.82, 2.24) is 0 Å². The van der Waals surface area contributed by atoms with Crippen LogP contribution in [0.2, 0.25) is 0 Å². The zero-order valence-corrected chi connectivity index (χ0v) is 14.9. The van der Waals surface area contributed by atoms with Gasteiger partial charge in [-0.05, 0) is 73.7 Å². The Bertz CT molecular complexity index is 665. The van der Waals surface area contributed by atoms with Crippen molar-refractivity contribution in [2.45, 2.75) is 26.4 Å². The van der Waals surface area contributed by atoms with Gasteiger partial charge in [-0.15, -0.1) is 0 Å². The highest BCUT2D eigenvalue weighted by atomic mass is 127. The molecule has 5 heteroatoms. The van der Waals surface area contributed by atoms with E-state index >= 15 is 0 Å². The number of benzene rings is 2. The van der Waals surface area contributed by atoms with Gasteiger partial charge in [0.15, 0.2) is 5.75 Å². The summed E-state index contributed by atoms with van der Waals surface area (Å²) in [6.45, 7) is 5.46. The molecule has 4 nitrogen and oxygen atoms in total. The average Bonchev–Trinajstić information content (AvgIpc) is 2.39. The first-order valence-corrected chi connectivity index (χ1v) is 7.94. The summed E-state index contributed by atoms with van der Waals surface area (Å²) in [7, 11) is 0. The molecule has 116 valence electrons. The second-order valence-electron chi connectivity index (χ2n) is 5.68. The van der Waals surface area contributed by atoms with Gasteiger partial charge < -0.3 is 9.47 Å². The highest BCUT2D eigenvalue weighted by molar-refractivity contribution is 14.1. The lowest BCUT2D eigenvalue weighted by atomic mass is 10.2. The highest BCUT2D eigenvalue weighted by Crippen LogP contribution is 2.30. The predicted molar refractivity (Wildman–Crippen MR) is 95.5 cm³/mol. The number of anilines is 1. The Morgan fingerprint density at radius 3 is 2.50 bits per heavy atom. The molecule has 2 aromatic rings. The maximum absolute atomic E-state index is 11.9. The van der Waals surface area contributed by atoms with Crippen LogP contribution in [0.3, 0.4) is 0 Å². The molecule has 0 spiro atoms. The lowest BCUT2D eigenvalue weighted by Crippen LogP contribution is -2.27. The van der Waals surface area contributed by atoms with Gasteiger partial charge in [0.1, 0.15) is 11.4 Å². The first-order chi connectivity index (χ1) is 10.3. The van der Waals surface area contributed by atoms with Gasteiger partial charge in [-0.25, -0.2) is 4.79 Å². The van der Waals surface area contributed by atoms with Crippen molar-refractivity contribution in [2.75, 3.05) is 5.32 Å². The van der Waals surface area contributed by atoms with E-state index in [2.05, 4.69) is 27.9 Å². The molecule has 1 amide bonds. The molecule has 1 N–H and O–H groups in total. The van der Waals surface area contributed by atoms with Crippen molar-refractivity contribution in [3.8, 4) is 11.5 Å². The number of rotatable bonds is 3. The van der Waals surface area contributed by atoms with Crippen LogP contribution in [0, 0.1) is 3.57 Å². The Kier molecular flexibility index (Phi) is 5.28. The van der Waals surface area contributed by atoms with Gasteiger partial charge >= 0.3 is 6.09 Å². The molecule has 0 radical (unpaired) electrons. The molecule has 0 bridgehead atoms. The first kappa shape index (κ1) is 16.6. The molecule has 0 saturated carbocycles. The maximum Gasteiger partial charge on any atom is 0.412 e. The van der Waals surface area contributed by atoms with E-state index in [1.807, 2.05) is 57.2 Å². The van der Waals surface area contributed by atoms with Gasteiger partial charge in [0, 0.05) is 3.57 Å². The largest absolute Gasteiger partial charge is 0.455 e. The van der Waals surface area contributed by atoms with Crippen LogP contribution in [0.5, 0.6) is 11.5 Å². The molecular weight excluding hydrogens is 393 g/mol. The Morgan fingerprint density at radius 1 is 1.09 bits per heavy atom. The first-order valence-electron chi connectivity index (χ1n) is 6.86. The van der Waals surface area contributed by atoms with Crippen LogP contribution in [0.4, 0.5) is 10.5 Å². The Hall–Kier alpha value is -1.76. The summed E-state index contributed by atoms with van der Waals surface area (Å²) in [6.07, 6.45) is -0.508. The summed E-state index contributed by atoms with van der Waals surface area (Å²) in [4.78, 5) is 11.9. The zero-order chi connectivity index (χ0) is 16.2. The molecule has 0 atom stereocenters. The van der Waals surface area contributed by atoms with Gasteiger partial charge in [-0.3, -0.25) is 5.32 Å². The van der Waals surface area contributed by atoms with E-state index in [1.54, 1.807) is 12.1 Å². The quantitative estimate of drug-likeness (QED) is 0.686. The second-order valence-corrected chi connectivity index (χ2v) is 6.93. The number of carbonyl (C=O) groups excluding carboxylic acids is 1. The fraction of sp³-hybridized carbons (Fsp3) is 0.235. The summed E-state index contributed by atoms with van der Waals surface area (Å²) in [5, 5.41) is 2.71. The van der Waals surface area contributed by atoms with Crippen LogP contribution in [-0.4, -0.2) is 11.7 Å². The maximum atomic E-state index is 11.9. The molecule has 2 aromatic carbocycles. The molecule has 0 fully saturated rings. The summed E-state index contributed by atoms with van der Waals surface area (Å²) in [5.41, 5.74) is 0.0192. The van der Waals surface area contributed by atoms with Gasteiger partial charge in [-0.1, -0.05) is 18.2 Å². The van der Waals surface area contributed by atoms with Crippen molar-refractivity contribution in [3.63, 3.8) is 0 Å². The van der Waals surface area contributed by atoms with E-state index in [4.69, 9.17) is 9.47 Å². The lowest BCUT2D eigenvalue weighted by molar-refractivity contribution is 0.0635. The monoisotopic (exact) mass is 411 g/mol. The minimum atomic E-state index is -0.546. The van der Waals surface area contributed by atoms with E-state index in [1.165, 1.54) is 0 Å². The number of halogens is 1. The Morgan fingerprint density at radius 2 is 1.82 bits per heavy atom. The molecule has 0 saturated heterocycles. The van der Waals surface area contributed by atoms with E-state index in [0.29, 0.717) is 17.2 Å². The third-order valence-corrected chi connectivity index (χ3v) is 3.22. The Balaban J connectivity index is 2.15. The van der Waals surface area contributed by atoms with Gasteiger partial charge in [0.05, 0.1) is 5.69 Å². The summed E-state index contributed by atoms with van der Waals surface area (Å²) in [6, 6.07) is 14.9. The summed E-state index contributed by atoms with van der Waals surface area (Å²) >= 11 is 2.22. The minimum Gasteiger partial charge on any atom is -0.455 e. The molecule has 0 aliphatic rings. The van der Waals surface area contributed by atoms with Crippen LogP contribution in [0.15, 0.2) is 48.5 Å². The number of carbonyl (C=O) groups is 1. The number of amides is 1. The molecule has 0 aromatic heterocycles. The number of nitrogens with one attached hydrogen (secondary N) is 1. The molecule has 0 unspecified atom stereocenters. The lowest BCUT2D eigenvalue weighted by Gasteiger charge is -2.20. The van der Waals surface area contributed by atoms with Gasteiger partial charge in [-0.2, -0.15) is 0 Å². The van der Waals surface area contributed by atoms with Gasteiger partial charge in [0.2, 0.25) is 0 Å². The average molecular weight is 411 g/mol. The fourth-order valence-corrected chi connectivity index (χ4v) is 2.24. The Labute approximate surface area is 144 Å². The molecule has 2 rings (SSSR count). The van der Waals surface area contributed by atoms with E-state index in [-0.39, 0.29) is 0 Å². The van der Waals surface area contributed by atoms with Crippen LogP contribution in [-0.2, 0) is 4.74 Å². The van der Waals surface area contributed by atoms with Crippen molar-refractivity contribution >= 4 is 34.4 Å². The second kappa shape index (κ2) is 7.00. The van der Waals surface area contributed by atoms with Crippen LogP contribution in [0.1, 0.15) is 20.8 Å². The van der Waals surface area contributed by atoms with Crippen LogP contribution in [0.25, 0.3) is 0 Å². The third-order valence-electron chi connectivity index (χ3n) is 2.55. The van der Waals surface area contributed by atoms with Crippen molar-refractivity contribution in [1.29, 1.82) is 0 Å². The molecule has 0 heterocycles. The normalized spacial score (nSPS) is 10.9. The molecule has 0 aliphatic carbocycles. The number of para-hydroxylation sites is 2. The third kappa shape index (κ3) is 5.22. The van der Waals surface area contributed by atoms with Crippen LogP contribution >= 0.6 is 22.6 Å². The number of ether oxygens (including phenoxy) is 2. The van der Waals surface area contributed by atoms with Gasteiger partial charge in [0.25, 0.3) is 0 Å². The van der Waals surface area contributed by atoms with E-state index in [9.17, 15) is 4.79 Å². The van der Waals surface area contributed by atoms with E-state index < -0.39 is 11.7 Å². The molecular formula is C17H18INO3. The van der Waals surface area contributed by atoms with E-state index in [0.717, 1.165) is 3.57 Å². The SMILES string of the molecule is CC(C)(C)OC(=O)Nc1ccccc1Oc1cccc(I)c1. The number of hydrogen-bond acceptors (Lipinski definition) is 3. The summed E-state index contributed by atoms with van der Waals surface area (Å²) < 4.78 is 12.2. The predicted octanol–water partition coefficient (Wildman–Crippen LogP) is 5.43. The summed E-state index contributed by atoms with van der Waals surface area (Å²) in [5.74, 6) is 1.28. The minimum absolute atomic E-state index is 0.508. The number of hydrogen-bond donors (Lipinski definition) is 1. The smallest absolute Gasteiger partial charge is 0.412 e. The van der Waals surface area contributed by atoms with Crippen molar-refractivity contribution in [2.24, 2.45) is 0 Å². The molecule has 22 heavy (non-hydrogen) atoms. The van der Waals surface area contributed by atoms with Crippen molar-refractivity contribution < 1.29 is 14.3 Å². The molecule has 0 aliphatic heterocycles. The van der Waals surface area contributed by atoms with Crippen LogP contribution < -0.4 is 10.1 Å². The fourth-order valence-electron chi connectivity index (χ4n) is 1.73. The highest BCUT2D eigenvalue weighted by Gasteiger charge is 2.17. The standard InChI is InChI=1S/C17H18INO3/c1-17(2,3)22-16(20)19-14-9-4-5-10-15(14)21-13-8-6-7-12(18)11-13/h4-11H,1-3H3,(H,19,20). The topological polar surface area (TPSA) is 47.6 Å². The van der Waals surface area contributed by atoms with Crippen molar-refractivity contribution in [3.05, 3.63) is 52.1 Å². The zero-order valence-electron chi connectivity index (χ0n) is 12.7.